The Morgan fingerprint density at radius 3 is 2.16 bits per heavy atom. The predicted octanol–water partition coefficient (Wildman–Crippen LogP) is 5.30. The normalized spacial score (nSPS) is 12.5. The van der Waals surface area contributed by atoms with E-state index < -0.39 is 0 Å². The lowest BCUT2D eigenvalue weighted by Crippen LogP contribution is -2.07. The third-order valence-electron chi connectivity index (χ3n) is 4.95. The van der Waals surface area contributed by atoms with E-state index in [0.717, 1.165) is 24.2 Å². The van der Waals surface area contributed by atoms with Crippen LogP contribution in [0.15, 0.2) is 84.9 Å². The fraction of sp³-hybridized carbons (Fsp3) is 0.0870. The highest BCUT2D eigenvalue weighted by atomic mass is 15.3. The molecule has 3 aromatic carbocycles. The zero-order chi connectivity index (χ0) is 16.6. The van der Waals surface area contributed by atoms with Gasteiger partial charge in [-0.3, -0.25) is 0 Å². The first-order valence-corrected chi connectivity index (χ1v) is 8.73. The van der Waals surface area contributed by atoms with E-state index in [9.17, 15) is 0 Å². The van der Waals surface area contributed by atoms with Crippen molar-refractivity contribution in [1.82, 2.24) is 9.78 Å². The van der Waals surface area contributed by atoms with E-state index in [1.807, 2.05) is 6.07 Å². The monoisotopic (exact) mass is 322 g/mol. The van der Waals surface area contributed by atoms with E-state index in [4.69, 9.17) is 5.10 Å². The molecule has 25 heavy (non-hydrogen) atoms. The fourth-order valence-corrected chi connectivity index (χ4v) is 3.78. The van der Waals surface area contributed by atoms with Crippen LogP contribution in [-0.2, 0) is 12.8 Å². The fourth-order valence-electron chi connectivity index (χ4n) is 3.78. The number of fused-ring (bicyclic) bond motifs is 3. The van der Waals surface area contributed by atoms with Crippen molar-refractivity contribution >= 4 is 0 Å². The smallest absolute Gasteiger partial charge is 0.0966 e. The number of para-hydroxylation sites is 1. The van der Waals surface area contributed by atoms with Gasteiger partial charge in [-0.1, -0.05) is 72.8 Å². The highest BCUT2D eigenvalue weighted by Gasteiger charge is 2.26. The zero-order valence-corrected chi connectivity index (χ0v) is 13.9. The Bertz CT molecular complexity index is 1030. The van der Waals surface area contributed by atoms with Crippen LogP contribution < -0.4 is 0 Å². The van der Waals surface area contributed by atoms with E-state index in [2.05, 4.69) is 83.5 Å². The van der Waals surface area contributed by atoms with Crippen molar-refractivity contribution < 1.29 is 0 Å². The lowest BCUT2D eigenvalue weighted by Gasteiger charge is -2.18. The van der Waals surface area contributed by atoms with Crippen molar-refractivity contribution in [3.05, 3.63) is 96.1 Å². The molecule has 120 valence electrons. The van der Waals surface area contributed by atoms with Crippen LogP contribution in [0.1, 0.15) is 11.1 Å². The molecule has 2 heteroatoms. The SMILES string of the molecule is c1ccc(-c2nn(-c3ccccc3)c3c2CCc2ccccc2-3)cc1. The highest BCUT2D eigenvalue weighted by Crippen LogP contribution is 2.39. The quantitative estimate of drug-likeness (QED) is 0.489. The third-order valence-corrected chi connectivity index (χ3v) is 4.95. The first kappa shape index (κ1) is 14.2. The maximum absolute atomic E-state index is 5.05. The average molecular weight is 322 g/mol. The highest BCUT2D eigenvalue weighted by molar-refractivity contribution is 5.79. The van der Waals surface area contributed by atoms with Gasteiger partial charge in [0.2, 0.25) is 0 Å². The van der Waals surface area contributed by atoms with Crippen molar-refractivity contribution in [2.75, 3.05) is 0 Å². The van der Waals surface area contributed by atoms with Crippen LogP contribution in [0.25, 0.3) is 28.2 Å². The number of aromatic nitrogens is 2. The molecule has 5 rings (SSSR count). The second kappa shape index (κ2) is 5.75. The molecule has 0 radical (unpaired) electrons. The standard InChI is InChI=1S/C23H18N2/c1-3-10-18(11-4-1)22-21-16-15-17-9-7-8-14-20(17)23(21)25(24-22)19-12-5-2-6-13-19/h1-14H,15-16H2. The molecule has 0 saturated carbocycles. The van der Waals surface area contributed by atoms with E-state index in [-0.39, 0.29) is 0 Å². The topological polar surface area (TPSA) is 17.8 Å². The number of aryl methyl sites for hydroxylation is 1. The maximum atomic E-state index is 5.05. The van der Waals surface area contributed by atoms with Crippen molar-refractivity contribution in [3.8, 4) is 28.2 Å². The molecule has 1 heterocycles. The van der Waals surface area contributed by atoms with Gasteiger partial charge < -0.3 is 0 Å². The lowest BCUT2D eigenvalue weighted by atomic mass is 9.88. The second-order valence-electron chi connectivity index (χ2n) is 6.45. The van der Waals surface area contributed by atoms with Gasteiger partial charge in [-0.2, -0.15) is 5.10 Å². The summed E-state index contributed by atoms with van der Waals surface area (Å²) >= 11 is 0. The first-order valence-electron chi connectivity index (χ1n) is 8.73. The summed E-state index contributed by atoms with van der Waals surface area (Å²) in [6.45, 7) is 0. The average Bonchev–Trinajstić information content (AvgIpc) is 3.09. The summed E-state index contributed by atoms with van der Waals surface area (Å²) in [5.74, 6) is 0. The molecule has 0 aliphatic heterocycles. The third kappa shape index (κ3) is 2.30. The second-order valence-corrected chi connectivity index (χ2v) is 6.45. The van der Waals surface area contributed by atoms with Gasteiger partial charge in [0.05, 0.1) is 17.1 Å². The molecule has 0 amide bonds. The first-order chi connectivity index (χ1) is 12.4. The molecule has 0 fully saturated rings. The van der Waals surface area contributed by atoms with Crippen LogP contribution in [-0.4, -0.2) is 9.78 Å². The summed E-state index contributed by atoms with van der Waals surface area (Å²) in [6, 6.07) is 29.7. The Morgan fingerprint density at radius 2 is 1.36 bits per heavy atom. The van der Waals surface area contributed by atoms with E-state index in [0.29, 0.717) is 0 Å². The minimum absolute atomic E-state index is 1.03. The molecule has 1 aliphatic rings. The summed E-state index contributed by atoms with van der Waals surface area (Å²) in [6.07, 6.45) is 2.10. The van der Waals surface area contributed by atoms with Crippen molar-refractivity contribution in [3.63, 3.8) is 0 Å². The Morgan fingerprint density at radius 1 is 0.680 bits per heavy atom. The lowest BCUT2D eigenvalue weighted by molar-refractivity contribution is 0.878. The molecule has 2 nitrogen and oxygen atoms in total. The molecular weight excluding hydrogens is 304 g/mol. The van der Waals surface area contributed by atoms with Gasteiger partial charge in [0.1, 0.15) is 0 Å². The number of benzene rings is 3. The molecule has 1 aromatic heterocycles. The molecule has 0 atom stereocenters. The van der Waals surface area contributed by atoms with Gasteiger partial charge in [0.15, 0.2) is 0 Å². The zero-order valence-electron chi connectivity index (χ0n) is 13.9. The molecule has 1 aliphatic carbocycles. The molecule has 0 bridgehead atoms. The molecule has 0 spiro atoms. The molecular formula is C23H18N2. The van der Waals surface area contributed by atoms with Gasteiger partial charge in [0, 0.05) is 16.7 Å². The Labute approximate surface area is 147 Å². The Kier molecular flexibility index (Phi) is 3.27. The summed E-state index contributed by atoms with van der Waals surface area (Å²) < 4.78 is 2.12. The van der Waals surface area contributed by atoms with Crippen LogP contribution in [0.2, 0.25) is 0 Å². The van der Waals surface area contributed by atoms with Crippen LogP contribution in [0, 0.1) is 0 Å². The number of nitrogens with zero attached hydrogens (tertiary/aromatic N) is 2. The van der Waals surface area contributed by atoms with Gasteiger partial charge in [-0.15, -0.1) is 0 Å². The van der Waals surface area contributed by atoms with Crippen molar-refractivity contribution in [2.45, 2.75) is 12.8 Å². The van der Waals surface area contributed by atoms with Gasteiger partial charge in [-0.25, -0.2) is 4.68 Å². The van der Waals surface area contributed by atoms with Crippen LogP contribution in [0.4, 0.5) is 0 Å². The van der Waals surface area contributed by atoms with Crippen molar-refractivity contribution in [1.29, 1.82) is 0 Å². The summed E-state index contributed by atoms with van der Waals surface area (Å²) in [5, 5.41) is 5.05. The number of rotatable bonds is 2. The number of hydrogen-bond acceptors (Lipinski definition) is 1. The Balaban J connectivity index is 1.82. The summed E-state index contributed by atoms with van der Waals surface area (Å²) in [5.41, 5.74) is 8.72. The van der Waals surface area contributed by atoms with Crippen LogP contribution in [0.3, 0.4) is 0 Å². The largest absolute Gasteiger partial charge is 0.232 e. The minimum Gasteiger partial charge on any atom is -0.232 e. The molecule has 0 saturated heterocycles. The number of hydrogen-bond donors (Lipinski definition) is 0. The van der Waals surface area contributed by atoms with Gasteiger partial charge in [0.25, 0.3) is 0 Å². The van der Waals surface area contributed by atoms with E-state index in [1.165, 1.54) is 27.9 Å². The van der Waals surface area contributed by atoms with E-state index >= 15 is 0 Å². The van der Waals surface area contributed by atoms with Crippen molar-refractivity contribution in [2.24, 2.45) is 0 Å². The molecule has 4 aromatic rings. The van der Waals surface area contributed by atoms with Gasteiger partial charge in [-0.05, 0) is 30.5 Å². The van der Waals surface area contributed by atoms with Crippen LogP contribution >= 0.6 is 0 Å². The molecule has 0 N–H and O–H groups in total. The molecule has 0 unspecified atom stereocenters. The van der Waals surface area contributed by atoms with Gasteiger partial charge >= 0.3 is 0 Å². The summed E-state index contributed by atoms with van der Waals surface area (Å²) in [7, 11) is 0. The van der Waals surface area contributed by atoms with E-state index in [1.54, 1.807) is 0 Å². The Hall–Kier alpha value is -3.13. The minimum atomic E-state index is 1.03. The summed E-state index contributed by atoms with van der Waals surface area (Å²) in [4.78, 5) is 0. The predicted molar refractivity (Wildman–Crippen MR) is 102 cm³/mol. The maximum Gasteiger partial charge on any atom is 0.0966 e. The van der Waals surface area contributed by atoms with Crippen LogP contribution in [0.5, 0.6) is 0 Å².